The molecule has 0 aliphatic rings. The number of carboxylic acids is 1. The van der Waals surface area contributed by atoms with Crippen LogP contribution in [0, 0.1) is 0 Å². The molecule has 76 valence electrons. The second-order valence-corrected chi connectivity index (χ2v) is 4.00. The smallest absolute Gasteiger partial charge is 0.337 e. The van der Waals surface area contributed by atoms with Crippen LogP contribution in [0.15, 0.2) is 18.2 Å². The predicted molar refractivity (Wildman–Crippen MR) is 60.3 cm³/mol. The second kappa shape index (κ2) is 4.57. The van der Waals surface area contributed by atoms with Gasteiger partial charge >= 0.3 is 5.97 Å². The van der Waals surface area contributed by atoms with Crippen LogP contribution in [0.5, 0.6) is 0 Å². The van der Waals surface area contributed by atoms with Crippen LogP contribution in [-0.4, -0.2) is 24.4 Å². The minimum absolute atomic E-state index is 0.256. The number of nitrogens with zero attached hydrogens (tertiary/aromatic N) is 1. The van der Waals surface area contributed by atoms with Gasteiger partial charge < -0.3 is 9.41 Å². The average molecular weight is 232 g/mol. The van der Waals surface area contributed by atoms with E-state index < -0.39 is 5.97 Å². The number of anilines is 1. The largest absolute Gasteiger partial charge is 0.478 e. The first-order chi connectivity index (χ1) is 6.56. The lowest BCUT2D eigenvalue weighted by Crippen LogP contribution is -2.11. The molecule has 0 heterocycles. The van der Waals surface area contributed by atoms with E-state index >= 15 is 0 Å². The Hall–Kier alpha value is -0.870. The van der Waals surface area contributed by atoms with Gasteiger partial charge in [0, 0.05) is 18.3 Å². The summed E-state index contributed by atoms with van der Waals surface area (Å²) in [5.74, 6) is -0.947. The third-order valence-electron chi connectivity index (χ3n) is 1.80. The van der Waals surface area contributed by atoms with Crippen LogP contribution in [0.1, 0.15) is 10.4 Å². The Morgan fingerprint density at radius 1 is 1.57 bits per heavy atom. The van der Waals surface area contributed by atoms with Crippen molar-refractivity contribution in [3.05, 3.63) is 28.8 Å². The van der Waals surface area contributed by atoms with Gasteiger partial charge in [-0.05, 0) is 18.2 Å². The van der Waals surface area contributed by atoms with Crippen molar-refractivity contribution in [3.63, 3.8) is 0 Å². The van der Waals surface area contributed by atoms with Gasteiger partial charge in [0.05, 0.1) is 11.3 Å². The van der Waals surface area contributed by atoms with Crippen molar-refractivity contribution in [2.45, 2.75) is 0 Å². The summed E-state index contributed by atoms with van der Waals surface area (Å²) in [7, 11) is 1.79. The highest BCUT2D eigenvalue weighted by atomic mass is 35.5. The highest BCUT2D eigenvalue weighted by Gasteiger charge is 2.13. The van der Waals surface area contributed by atoms with Crippen molar-refractivity contribution in [2.75, 3.05) is 17.6 Å². The molecule has 0 radical (unpaired) electrons. The molecular formula is C9H10ClNO2S. The molecule has 0 spiro atoms. The van der Waals surface area contributed by atoms with Gasteiger partial charge in [-0.1, -0.05) is 23.5 Å². The van der Waals surface area contributed by atoms with Crippen molar-refractivity contribution < 1.29 is 9.90 Å². The molecule has 0 saturated heterocycles. The minimum Gasteiger partial charge on any atom is -0.478 e. The maximum atomic E-state index is 10.9. The Morgan fingerprint density at radius 3 is 2.71 bits per heavy atom. The van der Waals surface area contributed by atoms with Gasteiger partial charge in [-0.15, -0.1) is 0 Å². The Balaban J connectivity index is 3.22. The molecule has 0 atom stereocenters. The average Bonchev–Trinajstić information content (AvgIpc) is 2.16. The molecule has 1 aromatic carbocycles. The Labute approximate surface area is 91.8 Å². The molecule has 0 unspecified atom stereocenters. The fraction of sp³-hybridized carbons (Fsp3) is 0.222. The van der Waals surface area contributed by atoms with Crippen molar-refractivity contribution in [1.82, 2.24) is 0 Å². The molecule has 1 aromatic rings. The molecule has 0 bridgehead atoms. The zero-order chi connectivity index (χ0) is 10.7. The molecule has 0 saturated carbocycles. The summed E-state index contributed by atoms with van der Waals surface area (Å²) in [6.07, 6.45) is 1.87. The summed E-state index contributed by atoms with van der Waals surface area (Å²) in [5, 5.41) is 9.46. The van der Waals surface area contributed by atoms with Crippen LogP contribution < -0.4 is 4.31 Å². The number of carboxylic acid groups (broad SMARTS) is 1. The lowest BCUT2D eigenvalue weighted by atomic mass is 10.2. The lowest BCUT2D eigenvalue weighted by Gasteiger charge is -2.17. The predicted octanol–water partition coefficient (Wildman–Crippen LogP) is 2.75. The van der Waals surface area contributed by atoms with Crippen molar-refractivity contribution in [2.24, 2.45) is 0 Å². The normalized spacial score (nSPS) is 9.93. The molecule has 0 aliphatic carbocycles. The topological polar surface area (TPSA) is 40.5 Å². The quantitative estimate of drug-likeness (QED) is 0.813. The SMILES string of the molecule is CSN(C)c1cc(Cl)ccc1C(=O)O. The summed E-state index contributed by atoms with van der Waals surface area (Å²) >= 11 is 7.22. The van der Waals surface area contributed by atoms with E-state index in [1.807, 2.05) is 6.26 Å². The van der Waals surface area contributed by atoms with Crippen molar-refractivity contribution in [3.8, 4) is 0 Å². The third kappa shape index (κ3) is 2.33. The van der Waals surface area contributed by atoms with E-state index in [0.717, 1.165) is 0 Å². The van der Waals surface area contributed by atoms with Crippen LogP contribution in [0.4, 0.5) is 5.69 Å². The van der Waals surface area contributed by atoms with Crippen LogP contribution in [-0.2, 0) is 0 Å². The number of carbonyl (C=O) groups is 1. The van der Waals surface area contributed by atoms with E-state index in [-0.39, 0.29) is 5.56 Å². The summed E-state index contributed by atoms with van der Waals surface area (Å²) in [6.45, 7) is 0. The van der Waals surface area contributed by atoms with Gasteiger partial charge in [-0.3, -0.25) is 0 Å². The van der Waals surface area contributed by atoms with Gasteiger partial charge in [0.2, 0.25) is 0 Å². The Bertz CT molecular complexity index is 357. The third-order valence-corrected chi connectivity index (χ3v) is 2.78. The van der Waals surface area contributed by atoms with Crippen LogP contribution in [0.2, 0.25) is 5.02 Å². The van der Waals surface area contributed by atoms with E-state index in [4.69, 9.17) is 16.7 Å². The number of hydrogen-bond acceptors (Lipinski definition) is 3. The number of aromatic carboxylic acids is 1. The van der Waals surface area contributed by atoms with Crippen molar-refractivity contribution in [1.29, 1.82) is 0 Å². The summed E-state index contributed by atoms with van der Waals surface area (Å²) in [4.78, 5) is 10.9. The Kier molecular flexibility index (Phi) is 3.66. The molecule has 0 aromatic heterocycles. The maximum Gasteiger partial charge on any atom is 0.337 e. The fourth-order valence-corrected chi connectivity index (χ4v) is 1.56. The number of hydrogen-bond donors (Lipinski definition) is 1. The zero-order valence-corrected chi connectivity index (χ0v) is 9.39. The van der Waals surface area contributed by atoms with E-state index in [0.29, 0.717) is 10.7 Å². The van der Waals surface area contributed by atoms with Crippen LogP contribution in [0.3, 0.4) is 0 Å². The monoisotopic (exact) mass is 231 g/mol. The highest BCUT2D eigenvalue weighted by molar-refractivity contribution is 7.99. The summed E-state index contributed by atoms with van der Waals surface area (Å²) < 4.78 is 1.76. The second-order valence-electron chi connectivity index (χ2n) is 2.65. The standard InChI is InChI=1S/C9H10ClNO2S/c1-11(14-2)8-5-6(10)3-4-7(8)9(12)13/h3-5H,1-2H3,(H,12,13). The van der Waals surface area contributed by atoms with Gasteiger partial charge in [0.25, 0.3) is 0 Å². The molecule has 0 amide bonds. The van der Waals surface area contributed by atoms with E-state index in [2.05, 4.69) is 0 Å². The van der Waals surface area contributed by atoms with Gasteiger partial charge in [0.1, 0.15) is 0 Å². The molecular weight excluding hydrogens is 222 g/mol. The molecule has 14 heavy (non-hydrogen) atoms. The number of halogens is 1. The Morgan fingerprint density at radius 2 is 2.21 bits per heavy atom. The summed E-state index contributed by atoms with van der Waals surface area (Å²) in [6, 6.07) is 4.72. The van der Waals surface area contributed by atoms with Crippen molar-refractivity contribution >= 4 is 35.2 Å². The fourth-order valence-electron chi connectivity index (χ4n) is 1.04. The minimum atomic E-state index is -0.947. The summed E-state index contributed by atoms with van der Waals surface area (Å²) in [5.41, 5.74) is 0.865. The van der Waals surface area contributed by atoms with Gasteiger partial charge in [-0.2, -0.15) is 0 Å². The van der Waals surface area contributed by atoms with E-state index in [9.17, 15) is 4.79 Å². The lowest BCUT2D eigenvalue weighted by molar-refractivity contribution is 0.0698. The highest BCUT2D eigenvalue weighted by Crippen LogP contribution is 2.27. The molecule has 0 fully saturated rings. The molecule has 1 N–H and O–H groups in total. The van der Waals surface area contributed by atoms with Gasteiger partial charge in [0.15, 0.2) is 0 Å². The zero-order valence-electron chi connectivity index (χ0n) is 7.82. The van der Waals surface area contributed by atoms with E-state index in [1.54, 1.807) is 23.5 Å². The number of benzene rings is 1. The number of rotatable bonds is 3. The maximum absolute atomic E-state index is 10.9. The molecule has 1 rings (SSSR count). The first-order valence-electron chi connectivity index (χ1n) is 3.87. The molecule has 0 aliphatic heterocycles. The first kappa shape index (κ1) is 11.2. The van der Waals surface area contributed by atoms with Gasteiger partial charge in [-0.25, -0.2) is 4.79 Å². The first-order valence-corrected chi connectivity index (χ1v) is 5.43. The van der Waals surface area contributed by atoms with Crippen LogP contribution >= 0.6 is 23.5 Å². The van der Waals surface area contributed by atoms with Crippen LogP contribution in [0.25, 0.3) is 0 Å². The van der Waals surface area contributed by atoms with E-state index in [1.165, 1.54) is 18.0 Å². The molecule has 5 heteroatoms. The molecule has 3 nitrogen and oxygen atoms in total.